The zero-order chi connectivity index (χ0) is 15.3. The van der Waals surface area contributed by atoms with Gasteiger partial charge < -0.3 is 5.32 Å². The molecule has 1 aromatic carbocycles. The van der Waals surface area contributed by atoms with Crippen LogP contribution >= 0.6 is 11.3 Å². The van der Waals surface area contributed by atoms with E-state index in [2.05, 4.69) is 5.32 Å². The Balaban J connectivity index is 1.60. The van der Waals surface area contributed by atoms with Gasteiger partial charge in [0.1, 0.15) is 0 Å². The number of fused-ring (bicyclic) bond motifs is 2. The topological polar surface area (TPSA) is 63.2 Å². The number of carbonyl (C=O) groups excluding carboxylic acids is 1. The number of amides is 1. The Bertz CT molecular complexity index is 846. The quantitative estimate of drug-likeness (QED) is 0.918. The Kier molecular flexibility index (Phi) is 3.13. The summed E-state index contributed by atoms with van der Waals surface area (Å²) in [4.78, 5) is 14.8. The van der Waals surface area contributed by atoms with Crippen LogP contribution in [0.3, 0.4) is 0 Å². The van der Waals surface area contributed by atoms with Gasteiger partial charge in [-0.2, -0.15) is 0 Å². The van der Waals surface area contributed by atoms with Gasteiger partial charge in [-0.25, -0.2) is 8.42 Å². The molecule has 4 nitrogen and oxygen atoms in total. The van der Waals surface area contributed by atoms with Crippen molar-refractivity contribution in [1.29, 1.82) is 0 Å². The second-order valence-electron chi connectivity index (χ2n) is 5.76. The number of hydrogen-bond acceptors (Lipinski definition) is 4. The van der Waals surface area contributed by atoms with Crippen LogP contribution in [0.5, 0.6) is 0 Å². The molecule has 0 spiro atoms. The first-order chi connectivity index (χ1) is 10.5. The van der Waals surface area contributed by atoms with Gasteiger partial charge in [0.25, 0.3) is 5.91 Å². The van der Waals surface area contributed by atoms with Crippen LogP contribution in [0.2, 0.25) is 0 Å². The van der Waals surface area contributed by atoms with E-state index in [0.717, 1.165) is 19.3 Å². The van der Waals surface area contributed by atoms with E-state index < -0.39 is 15.9 Å². The molecule has 1 amide bonds. The van der Waals surface area contributed by atoms with Crippen LogP contribution in [0.15, 0.2) is 35.2 Å². The van der Waals surface area contributed by atoms with Crippen molar-refractivity contribution in [2.75, 3.05) is 5.75 Å². The third-order valence-electron chi connectivity index (χ3n) is 4.29. The first-order valence-electron chi connectivity index (χ1n) is 7.29. The molecule has 22 heavy (non-hydrogen) atoms. The summed E-state index contributed by atoms with van der Waals surface area (Å²) < 4.78 is 24.3. The van der Waals surface area contributed by atoms with E-state index in [1.165, 1.54) is 21.8 Å². The molecule has 0 saturated carbocycles. The Hall–Kier alpha value is -1.66. The Morgan fingerprint density at radius 2 is 2.05 bits per heavy atom. The lowest BCUT2D eigenvalue weighted by atomic mass is 10.1. The maximum atomic E-state index is 12.4. The lowest BCUT2D eigenvalue weighted by molar-refractivity contribution is 0.0944. The first kappa shape index (κ1) is 14.0. The summed E-state index contributed by atoms with van der Waals surface area (Å²) in [7, 11) is -3.29. The second kappa shape index (κ2) is 4.93. The number of sulfone groups is 1. The molecule has 1 aromatic heterocycles. The van der Waals surface area contributed by atoms with Crippen LogP contribution in [0.25, 0.3) is 0 Å². The molecule has 1 atom stereocenters. The smallest absolute Gasteiger partial charge is 0.261 e. The average molecular weight is 333 g/mol. The van der Waals surface area contributed by atoms with E-state index in [9.17, 15) is 13.2 Å². The van der Waals surface area contributed by atoms with Gasteiger partial charge in [0.2, 0.25) is 0 Å². The second-order valence-corrected chi connectivity index (χ2v) is 8.90. The van der Waals surface area contributed by atoms with Crippen molar-refractivity contribution in [3.8, 4) is 0 Å². The van der Waals surface area contributed by atoms with Crippen molar-refractivity contribution in [2.24, 2.45) is 0 Å². The number of benzene rings is 1. The zero-order valence-corrected chi connectivity index (χ0v) is 13.5. The van der Waals surface area contributed by atoms with Crippen molar-refractivity contribution in [1.82, 2.24) is 5.32 Å². The molecule has 1 aliphatic carbocycles. The standard InChI is InChI=1S/C16H15NO3S2/c18-16(14-8-10-4-3-6-13(10)21-14)17-12-9-22(19,20)15-7-2-1-5-11(12)15/h1-2,5,7-8,12H,3-4,6,9H2,(H,17,18)/t12-/m0/s1. The fourth-order valence-corrected chi connectivity index (χ4v) is 6.13. The zero-order valence-electron chi connectivity index (χ0n) is 11.8. The molecule has 114 valence electrons. The summed E-state index contributed by atoms with van der Waals surface area (Å²) >= 11 is 1.53. The lowest BCUT2D eigenvalue weighted by Crippen LogP contribution is -2.29. The van der Waals surface area contributed by atoms with Gasteiger partial charge in [0, 0.05) is 4.88 Å². The van der Waals surface area contributed by atoms with Gasteiger partial charge in [0.15, 0.2) is 9.84 Å². The van der Waals surface area contributed by atoms with Crippen LogP contribution in [0.1, 0.15) is 38.1 Å². The van der Waals surface area contributed by atoms with Gasteiger partial charge in [-0.05, 0) is 42.5 Å². The molecular weight excluding hydrogens is 318 g/mol. The third-order valence-corrected chi connectivity index (χ3v) is 7.34. The molecule has 1 N–H and O–H groups in total. The molecule has 2 aromatic rings. The summed E-state index contributed by atoms with van der Waals surface area (Å²) in [5, 5.41) is 2.89. The highest BCUT2D eigenvalue weighted by atomic mass is 32.2. The molecular formula is C16H15NO3S2. The Morgan fingerprint density at radius 3 is 2.86 bits per heavy atom. The van der Waals surface area contributed by atoms with Crippen LogP contribution in [0.4, 0.5) is 0 Å². The van der Waals surface area contributed by atoms with Gasteiger partial charge in [0.05, 0.1) is 21.6 Å². The van der Waals surface area contributed by atoms with Crippen molar-refractivity contribution in [3.63, 3.8) is 0 Å². The van der Waals surface area contributed by atoms with Gasteiger partial charge in [-0.1, -0.05) is 18.2 Å². The van der Waals surface area contributed by atoms with E-state index >= 15 is 0 Å². The molecule has 0 bridgehead atoms. The normalized spacial score (nSPS) is 21.4. The minimum absolute atomic E-state index is 0.0524. The Labute approximate surface area is 133 Å². The number of nitrogens with one attached hydrogen (secondary N) is 1. The van der Waals surface area contributed by atoms with E-state index in [1.54, 1.807) is 24.3 Å². The van der Waals surface area contributed by atoms with Gasteiger partial charge in [-0.3, -0.25) is 4.79 Å². The molecule has 1 aliphatic heterocycles. The minimum atomic E-state index is -3.29. The predicted octanol–water partition coefficient (Wildman–Crippen LogP) is 2.50. The molecule has 0 fully saturated rings. The van der Waals surface area contributed by atoms with Crippen molar-refractivity contribution >= 4 is 27.1 Å². The largest absolute Gasteiger partial charge is 0.343 e. The highest BCUT2D eigenvalue weighted by molar-refractivity contribution is 7.91. The van der Waals surface area contributed by atoms with Crippen molar-refractivity contribution in [2.45, 2.75) is 30.2 Å². The van der Waals surface area contributed by atoms with Crippen molar-refractivity contribution < 1.29 is 13.2 Å². The van der Waals surface area contributed by atoms with Crippen molar-refractivity contribution in [3.05, 3.63) is 51.2 Å². The minimum Gasteiger partial charge on any atom is -0.343 e. The lowest BCUT2D eigenvalue weighted by Gasteiger charge is -2.11. The first-order valence-corrected chi connectivity index (χ1v) is 9.75. The summed E-state index contributed by atoms with van der Waals surface area (Å²) in [6.07, 6.45) is 3.25. The number of thiophene rings is 1. The maximum Gasteiger partial charge on any atom is 0.261 e. The van der Waals surface area contributed by atoms with E-state index in [-0.39, 0.29) is 11.7 Å². The fraction of sp³-hybridized carbons (Fsp3) is 0.312. The molecule has 4 rings (SSSR count). The SMILES string of the molecule is O=C(N[C@H]1CS(=O)(=O)c2ccccc21)c1cc2c(s1)CCC2. The fourth-order valence-electron chi connectivity index (χ4n) is 3.24. The number of rotatable bonds is 2. The Morgan fingerprint density at radius 1 is 1.23 bits per heavy atom. The summed E-state index contributed by atoms with van der Waals surface area (Å²) in [5.74, 6) is -0.222. The van der Waals surface area contributed by atoms with Crippen LogP contribution < -0.4 is 5.32 Å². The summed E-state index contributed by atoms with van der Waals surface area (Å²) in [5.41, 5.74) is 1.97. The number of carbonyl (C=O) groups is 1. The molecule has 2 heterocycles. The number of aryl methyl sites for hydroxylation is 2. The maximum absolute atomic E-state index is 12.4. The highest BCUT2D eigenvalue weighted by Gasteiger charge is 2.35. The summed E-state index contributed by atoms with van der Waals surface area (Å²) in [6, 6.07) is 8.40. The highest BCUT2D eigenvalue weighted by Crippen LogP contribution is 2.34. The monoisotopic (exact) mass is 333 g/mol. The third kappa shape index (κ3) is 2.18. The number of hydrogen-bond donors (Lipinski definition) is 1. The average Bonchev–Trinajstić information content (AvgIpc) is 3.12. The molecule has 6 heteroatoms. The molecule has 2 aliphatic rings. The van der Waals surface area contributed by atoms with E-state index in [0.29, 0.717) is 15.3 Å². The van der Waals surface area contributed by atoms with Gasteiger partial charge in [-0.15, -0.1) is 11.3 Å². The molecule has 0 saturated heterocycles. The van der Waals surface area contributed by atoms with Crippen LogP contribution in [-0.4, -0.2) is 20.1 Å². The molecule has 0 radical (unpaired) electrons. The predicted molar refractivity (Wildman–Crippen MR) is 85.0 cm³/mol. The summed E-state index contributed by atoms with van der Waals surface area (Å²) in [6.45, 7) is 0. The van der Waals surface area contributed by atoms with Gasteiger partial charge >= 0.3 is 0 Å². The van der Waals surface area contributed by atoms with Crippen LogP contribution in [0, 0.1) is 0 Å². The van der Waals surface area contributed by atoms with E-state index in [4.69, 9.17) is 0 Å². The van der Waals surface area contributed by atoms with Crippen LogP contribution in [-0.2, 0) is 22.7 Å². The van der Waals surface area contributed by atoms with E-state index in [1.807, 2.05) is 6.07 Å². The molecule has 0 unspecified atom stereocenters.